The van der Waals surface area contributed by atoms with E-state index in [1.165, 1.54) is 37.1 Å². The van der Waals surface area contributed by atoms with Crippen molar-refractivity contribution >= 4 is 22.9 Å². The van der Waals surface area contributed by atoms with E-state index in [1.807, 2.05) is 11.3 Å². The molecule has 4 aliphatic carbocycles. The molecular weight excluding hydrogens is 264 g/mol. The molecule has 0 aliphatic heterocycles. The molecule has 0 atom stereocenters. The van der Waals surface area contributed by atoms with Crippen LogP contribution in [0.4, 0.5) is 0 Å². The van der Waals surface area contributed by atoms with E-state index < -0.39 is 0 Å². The summed E-state index contributed by atoms with van der Waals surface area (Å²) in [5.41, 5.74) is 0. The topological polar surface area (TPSA) is 25.8 Å². The van der Waals surface area contributed by atoms with Crippen molar-refractivity contribution in [2.24, 2.45) is 23.7 Å². The zero-order valence-electron chi connectivity index (χ0n) is 10.5. The summed E-state index contributed by atoms with van der Waals surface area (Å²) in [7, 11) is 0. The maximum Gasteiger partial charge on any atom is 0.121 e. The lowest BCUT2D eigenvalue weighted by atomic mass is 9.52. The van der Waals surface area contributed by atoms with Crippen LogP contribution in [0.25, 0.3) is 0 Å². The summed E-state index contributed by atoms with van der Waals surface area (Å²) in [4.78, 5) is 0. The average Bonchev–Trinajstić information content (AvgIpc) is 2.76. The van der Waals surface area contributed by atoms with Crippen molar-refractivity contribution in [1.29, 1.82) is 0 Å². The number of aryl methyl sites for hydroxylation is 1. The molecule has 18 heavy (non-hydrogen) atoms. The molecule has 4 heteroatoms. The van der Waals surface area contributed by atoms with Gasteiger partial charge >= 0.3 is 0 Å². The minimum absolute atomic E-state index is 0.663. The van der Waals surface area contributed by atoms with Crippen molar-refractivity contribution < 1.29 is 0 Å². The minimum Gasteiger partial charge on any atom is -0.144 e. The highest BCUT2D eigenvalue weighted by Crippen LogP contribution is 2.59. The normalized spacial score (nSPS) is 41.5. The van der Waals surface area contributed by atoms with Gasteiger partial charge in [0.1, 0.15) is 10.0 Å². The Morgan fingerprint density at radius 2 is 1.67 bits per heavy atom. The van der Waals surface area contributed by atoms with Crippen LogP contribution >= 0.6 is 22.9 Å². The second-order valence-corrected chi connectivity index (χ2v) is 7.90. The zero-order valence-corrected chi connectivity index (χ0v) is 12.1. The highest BCUT2D eigenvalue weighted by atomic mass is 35.5. The molecular formula is C14H19ClN2S. The SMILES string of the molecule is ClCCc1nnc(C2C3CC4CC(C3)CC2C4)s1. The van der Waals surface area contributed by atoms with E-state index in [0.29, 0.717) is 5.88 Å². The molecule has 1 aromatic rings. The molecule has 0 unspecified atom stereocenters. The molecule has 4 fully saturated rings. The fourth-order valence-corrected chi connectivity index (χ4v) is 6.33. The molecule has 4 saturated carbocycles. The summed E-state index contributed by atoms with van der Waals surface area (Å²) in [6, 6.07) is 0. The Bertz CT molecular complexity index is 417. The fraction of sp³-hybridized carbons (Fsp3) is 0.857. The number of nitrogens with zero attached hydrogens (tertiary/aromatic N) is 2. The third-order valence-corrected chi connectivity index (χ3v) is 6.58. The first-order valence-electron chi connectivity index (χ1n) is 7.21. The van der Waals surface area contributed by atoms with Gasteiger partial charge < -0.3 is 0 Å². The summed E-state index contributed by atoms with van der Waals surface area (Å²) in [5, 5.41) is 11.3. The van der Waals surface area contributed by atoms with Crippen LogP contribution in [0.3, 0.4) is 0 Å². The second-order valence-electron chi connectivity index (χ2n) is 6.43. The maximum atomic E-state index is 5.79. The van der Waals surface area contributed by atoms with Crippen LogP contribution in [0.15, 0.2) is 0 Å². The molecule has 5 rings (SSSR count). The molecule has 4 aliphatic rings. The molecule has 2 nitrogen and oxygen atoms in total. The molecule has 1 aromatic heterocycles. The lowest BCUT2D eigenvalue weighted by molar-refractivity contribution is -0.00303. The molecule has 0 radical (unpaired) electrons. The Kier molecular flexibility index (Phi) is 2.88. The van der Waals surface area contributed by atoms with Gasteiger partial charge in [0.25, 0.3) is 0 Å². The van der Waals surface area contributed by atoms with Crippen molar-refractivity contribution in [2.75, 3.05) is 5.88 Å². The van der Waals surface area contributed by atoms with Gasteiger partial charge in [-0.3, -0.25) is 0 Å². The summed E-state index contributed by atoms with van der Waals surface area (Å²) in [6.07, 6.45) is 8.24. The molecule has 1 heterocycles. The number of rotatable bonds is 3. The molecule has 0 amide bonds. The first-order chi connectivity index (χ1) is 8.83. The van der Waals surface area contributed by atoms with E-state index in [9.17, 15) is 0 Å². The molecule has 0 aromatic carbocycles. The van der Waals surface area contributed by atoms with Crippen molar-refractivity contribution in [2.45, 2.75) is 44.4 Å². The van der Waals surface area contributed by atoms with Gasteiger partial charge in [-0.1, -0.05) is 0 Å². The third-order valence-electron chi connectivity index (χ3n) is 5.30. The number of aromatic nitrogens is 2. The highest BCUT2D eigenvalue weighted by molar-refractivity contribution is 7.11. The molecule has 0 N–H and O–H groups in total. The van der Waals surface area contributed by atoms with E-state index in [4.69, 9.17) is 11.6 Å². The Hall–Kier alpha value is -0.150. The van der Waals surface area contributed by atoms with E-state index >= 15 is 0 Å². The number of alkyl halides is 1. The van der Waals surface area contributed by atoms with Gasteiger partial charge in [-0.2, -0.15) is 0 Å². The summed E-state index contributed by atoms with van der Waals surface area (Å²) < 4.78 is 0. The van der Waals surface area contributed by atoms with Crippen LogP contribution in [-0.4, -0.2) is 16.1 Å². The predicted molar refractivity (Wildman–Crippen MR) is 74.1 cm³/mol. The zero-order chi connectivity index (χ0) is 12.1. The van der Waals surface area contributed by atoms with Gasteiger partial charge in [0.15, 0.2) is 0 Å². The number of hydrogen-bond acceptors (Lipinski definition) is 3. The smallest absolute Gasteiger partial charge is 0.121 e. The predicted octanol–water partition coefficient (Wildman–Crippen LogP) is 3.86. The second kappa shape index (κ2) is 4.45. The van der Waals surface area contributed by atoms with Crippen LogP contribution in [0.1, 0.15) is 48.0 Å². The van der Waals surface area contributed by atoms with E-state index in [-0.39, 0.29) is 0 Å². The molecule has 0 spiro atoms. The average molecular weight is 283 g/mol. The van der Waals surface area contributed by atoms with E-state index in [2.05, 4.69) is 10.2 Å². The van der Waals surface area contributed by atoms with Gasteiger partial charge in [0.2, 0.25) is 0 Å². The monoisotopic (exact) mass is 282 g/mol. The van der Waals surface area contributed by atoms with Crippen LogP contribution in [0.2, 0.25) is 0 Å². The van der Waals surface area contributed by atoms with Crippen molar-refractivity contribution in [3.05, 3.63) is 10.0 Å². The standard InChI is InChI=1S/C14H19ClN2S/c15-2-1-12-16-17-14(18-12)13-10-4-8-3-9(6-10)7-11(13)5-8/h8-11,13H,1-7H2. The summed E-state index contributed by atoms with van der Waals surface area (Å²) in [5.74, 6) is 5.31. The van der Waals surface area contributed by atoms with Crippen molar-refractivity contribution in [3.63, 3.8) is 0 Å². The summed E-state index contributed by atoms with van der Waals surface area (Å²) in [6.45, 7) is 0. The largest absolute Gasteiger partial charge is 0.144 e. The van der Waals surface area contributed by atoms with Crippen LogP contribution in [0, 0.1) is 23.7 Å². The number of hydrogen-bond donors (Lipinski definition) is 0. The van der Waals surface area contributed by atoms with Crippen LogP contribution < -0.4 is 0 Å². The van der Waals surface area contributed by atoms with Gasteiger partial charge in [-0.15, -0.1) is 33.1 Å². The summed E-state index contributed by atoms with van der Waals surface area (Å²) >= 11 is 7.62. The van der Waals surface area contributed by atoms with E-state index in [0.717, 1.165) is 41.0 Å². The molecule has 0 saturated heterocycles. The minimum atomic E-state index is 0.663. The molecule has 98 valence electrons. The highest BCUT2D eigenvalue weighted by Gasteiger charge is 2.49. The van der Waals surface area contributed by atoms with Crippen molar-refractivity contribution in [1.82, 2.24) is 10.2 Å². The Morgan fingerprint density at radius 3 is 2.28 bits per heavy atom. The maximum absolute atomic E-state index is 5.79. The Labute approximate surface area is 117 Å². The Balaban J connectivity index is 1.60. The lowest BCUT2D eigenvalue weighted by Crippen LogP contribution is -2.43. The number of halogens is 1. The lowest BCUT2D eigenvalue weighted by Gasteiger charge is -2.53. The van der Waals surface area contributed by atoms with Crippen LogP contribution in [0.5, 0.6) is 0 Å². The van der Waals surface area contributed by atoms with E-state index in [1.54, 1.807) is 0 Å². The molecule has 4 bridgehead atoms. The van der Waals surface area contributed by atoms with Gasteiger partial charge in [-0.25, -0.2) is 0 Å². The van der Waals surface area contributed by atoms with Crippen LogP contribution in [-0.2, 0) is 6.42 Å². The Morgan fingerprint density at radius 1 is 1.00 bits per heavy atom. The first kappa shape index (κ1) is 11.7. The van der Waals surface area contributed by atoms with Gasteiger partial charge in [0, 0.05) is 18.2 Å². The first-order valence-corrected chi connectivity index (χ1v) is 8.57. The quantitative estimate of drug-likeness (QED) is 0.787. The van der Waals surface area contributed by atoms with Crippen molar-refractivity contribution in [3.8, 4) is 0 Å². The van der Waals surface area contributed by atoms with Gasteiger partial charge in [0.05, 0.1) is 0 Å². The fourth-order valence-electron chi connectivity index (χ4n) is 4.91. The van der Waals surface area contributed by atoms with Gasteiger partial charge in [-0.05, 0) is 55.8 Å². The third kappa shape index (κ3) is 1.82.